The summed E-state index contributed by atoms with van der Waals surface area (Å²) in [4.78, 5) is 2.66. The molecule has 16 heavy (non-hydrogen) atoms. The molecular weight excluding hydrogens is 202 g/mol. The fourth-order valence-electron chi connectivity index (χ4n) is 1.38. The smallest absolute Gasteiger partial charge is 0.0806 e. The van der Waals surface area contributed by atoms with Crippen molar-refractivity contribution in [3.05, 3.63) is 40.4 Å². The van der Waals surface area contributed by atoms with Crippen molar-refractivity contribution >= 4 is 10.9 Å². The van der Waals surface area contributed by atoms with Crippen molar-refractivity contribution < 1.29 is 0 Å². The van der Waals surface area contributed by atoms with Crippen LogP contribution in [0.4, 0.5) is 0 Å². The van der Waals surface area contributed by atoms with Gasteiger partial charge in [0.1, 0.15) is 0 Å². The Hall–Kier alpha value is -2.44. The molecule has 0 atom stereocenters. The van der Waals surface area contributed by atoms with Gasteiger partial charge in [0.25, 0.3) is 0 Å². The molecule has 1 heterocycles. The maximum Gasteiger partial charge on any atom is 0.0806 e. The molecular formula is C11H9N5. The molecule has 5 nitrogen and oxygen atoms in total. The van der Waals surface area contributed by atoms with Gasteiger partial charge in [-0.3, -0.25) is 5.10 Å². The number of rotatable bonds is 2. The van der Waals surface area contributed by atoms with Crippen molar-refractivity contribution in [1.29, 1.82) is 0 Å². The summed E-state index contributed by atoms with van der Waals surface area (Å²) in [5.74, 6) is 5.98. The number of hydrogen-bond acceptors (Lipinski definition) is 2. The maximum absolute atomic E-state index is 8.09. The van der Waals surface area contributed by atoms with E-state index < -0.39 is 0 Å². The Balaban J connectivity index is 2.20. The minimum atomic E-state index is 0.405. The van der Waals surface area contributed by atoms with Gasteiger partial charge < -0.3 is 0 Å². The highest BCUT2D eigenvalue weighted by atomic mass is 15.1. The van der Waals surface area contributed by atoms with Crippen LogP contribution in [-0.4, -0.2) is 16.7 Å². The fourth-order valence-corrected chi connectivity index (χ4v) is 1.38. The normalized spacial score (nSPS) is 9.25. The highest BCUT2D eigenvalue weighted by Gasteiger charge is 1.98. The van der Waals surface area contributed by atoms with Crippen molar-refractivity contribution in [3.63, 3.8) is 0 Å². The molecule has 2 aromatic rings. The number of aromatic amines is 1. The highest BCUT2D eigenvalue weighted by molar-refractivity contribution is 5.83. The minimum absolute atomic E-state index is 0.405. The van der Waals surface area contributed by atoms with Crippen LogP contribution in [0.5, 0.6) is 0 Å². The lowest BCUT2D eigenvalue weighted by Crippen LogP contribution is -1.79. The van der Waals surface area contributed by atoms with E-state index in [0.29, 0.717) is 13.0 Å². The molecule has 0 radical (unpaired) electrons. The molecule has 0 aliphatic carbocycles. The van der Waals surface area contributed by atoms with Gasteiger partial charge in [-0.25, -0.2) is 0 Å². The zero-order chi connectivity index (χ0) is 11.2. The third-order valence-corrected chi connectivity index (χ3v) is 2.10. The summed E-state index contributed by atoms with van der Waals surface area (Å²) in [5, 5.41) is 11.3. The van der Waals surface area contributed by atoms with Crippen molar-refractivity contribution in [2.75, 3.05) is 6.54 Å². The number of aromatic nitrogens is 2. The standard InChI is InChI=1S/C11H9N5/c12-16-13-7-2-1-4-9-5-3-6-10-8-14-15-11(9)10/h3,5-6,8H,2,7H2,(H,14,15). The van der Waals surface area contributed by atoms with Gasteiger partial charge in [0, 0.05) is 23.3 Å². The predicted molar refractivity (Wildman–Crippen MR) is 61.6 cm³/mol. The SMILES string of the molecule is [N-]=[N+]=NCCC#Cc1cccc2cn[nH]c12. The molecule has 0 spiro atoms. The molecule has 1 aromatic heterocycles. The molecule has 0 aliphatic heterocycles. The molecule has 0 amide bonds. The molecule has 2 rings (SSSR count). The molecule has 0 saturated heterocycles. The summed E-state index contributed by atoms with van der Waals surface area (Å²) in [7, 11) is 0. The molecule has 0 aliphatic rings. The molecule has 5 heteroatoms. The number of azide groups is 1. The third-order valence-electron chi connectivity index (χ3n) is 2.10. The number of benzene rings is 1. The van der Waals surface area contributed by atoms with E-state index in [9.17, 15) is 0 Å². The van der Waals surface area contributed by atoms with E-state index in [2.05, 4.69) is 32.1 Å². The fraction of sp³-hybridized carbons (Fsp3) is 0.182. The van der Waals surface area contributed by atoms with E-state index in [1.54, 1.807) is 6.20 Å². The second-order valence-corrected chi connectivity index (χ2v) is 3.15. The predicted octanol–water partition coefficient (Wildman–Crippen LogP) is 2.61. The van der Waals surface area contributed by atoms with Crippen LogP contribution in [0.1, 0.15) is 12.0 Å². The first-order chi connectivity index (χ1) is 7.92. The topological polar surface area (TPSA) is 77.4 Å². The lowest BCUT2D eigenvalue weighted by molar-refractivity contribution is 1.01. The lowest BCUT2D eigenvalue weighted by atomic mass is 10.1. The zero-order valence-electron chi connectivity index (χ0n) is 8.51. The molecule has 0 fully saturated rings. The first kappa shape index (κ1) is 10.1. The Bertz CT molecular complexity index is 595. The van der Waals surface area contributed by atoms with E-state index >= 15 is 0 Å². The first-order valence-electron chi connectivity index (χ1n) is 4.83. The van der Waals surface area contributed by atoms with Crippen LogP contribution < -0.4 is 0 Å². The molecule has 0 saturated carbocycles. The van der Waals surface area contributed by atoms with Crippen LogP contribution in [0.2, 0.25) is 0 Å². The van der Waals surface area contributed by atoms with E-state index in [1.807, 2.05) is 18.2 Å². The summed E-state index contributed by atoms with van der Waals surface area (Å²) >= 11 is 0. The molecule has 78 valence electrons. The number of para-hydroxylation sites is 1. The van der Waals surface area contributed by atoms with Crippen LogP contribution >= 0.6 is 0 Å². The minimum Gasteiger partial charge on any atom is -0.277 e. The molecule has 0 bridgehead atoms. The number of fused-ring (bicyclic) bond motifs is 1. The Labute approximate surface area is 92.1 Å². The Morgan fingerprint density at radius 3 is 3.31 bits per heavy atom. The Morgan fingerprint density at radius 2 is 2.44 bits per heavy atom. The van der Waals surface area contributed by atoms with Crippen LogP contribution in [0.25, 0.3) is 21.3 Å². The van der Waals surface area contributed by atoms with Gasteiger partial charge in [0.05, 0.1) is 17.3 Å². The number of nitrogens with one attached hydrogen (secondary N) is 1. The van der Waals surface area contributed by atoms with Gasteiger partial charge >= 0.3 is 0 Å². The van der Waals surface area contributed by atoms with Gasteiger partial charge in [-0.1, -0.05) is 29.1 Å². The average Bonchev–Trinajstić information content (AvgIpc) is 2.77. The van der Waals surface area contributed by atoms with E-state index in [0.717, 1.165) is 16.5 Å². The van der Waals surface area contributed by atoms with Crippen molar-refractivity contribution in [2.24, 2.45) is 5.11 Å². The zero-order valence-corrected chi connectivity index (χ0v) is 8.51. The van der Waals surface area contributed by atoms with Crippen LogP contribution in [0, 0.1) is 11.8 Å². The lowest BCUT2D eigenvalue weighted by Gasteiger charge is -1.91. The third kappa shape index (κ3) is 2.14. The molecule has 0 unspecified atom stereocenters. The summed E-state index contributed by atoms with van der Waals surface area (Å²) in [6, 6.07) is 5.85. The molecule has 1 N–H and O–H groups in total. The number of hydrogen-bond donors (Lipinski definition) is 1. The number of nitrogens with zero attached hydrogens (tertiary/aromatic N) is 4. The quantitative estimate of drug-likeness (QED) is 0.268. The van der Waals surface area contributed by atoms with Crippen molar-refractivity contribution in [1.82, 2.24) is 10.2 Å². The monoisotopic (exact) mass is 211 g/mol. The van der Waals surface area contributed by atoms with Gasteiger partial charge in [-0.15, -0.1) is 0 Å². The summed E-state index contributed by atoms with van der Waals surface area (Å²) in [6.07, 6.45) is 2.33. The van der Waals surface area contributed by atoms with E-state index in [4.69, 9.17) is 5.53 Å². The van der Waals surface area contributed by atoms with Gasteiger partial charge in [0.15, 0.2) is 0 Å². The number of H-pyrrole nitrogens is 1. The average molecular weight is 211 g/mol. The summed E-state index contributed by atoms with van der Waals surface area (Å²) in [6.45, 7) is 0.405. The highest BCUT2D eigenvalue weighted by Crippen LogP contribution is 2.14. The van der Waals surface area contributed by atoms with Crippen molar-refractivity contribution in [2.45, 2.75) is 6.42 Å². The maximum atomic E-state index is 8.09. The molecule has 1 aromatic carbocycles. The second-order valence-electron chi connectivity index (χ2n) is 3.15. The van der Waals surface area contributed by atoms with Crippen LogP contribution in [-0.2, 0) is 0 Å². The summed E-state index contributed by atoms with van der Waals surface area (Å²) in [5.41, 5.74) is 9.95. The van der Waals surface area contributed by atoms with Gasteiger partial charge in [-0.2, -0.15) is 5.10 Å². The first-order valence-corrected chi connectivity index (χ1v) is 4.83. The second kappa shape index (κ2) is 4.87. The van der Waals surface area contributed by atoms with E-state index in [-0.39, 0.29) is 0 Å². The summed E-state index contributed by atoms with van der Waals surface area (Å²) < 4.78 is 0. The van der Waals surface area contributed by atoms with Crippen LogP contribution in [0.15, 0.2) is 29.5 Å². The van der Waals surface area contributed by atoms with Gasteiger partial charge in [0.2, 0.25) is 0 Å². The largest absolute Gasteiger partial charge is 0.277 e. The van der Waals surface area contributed by atoms with Crippen LogP contribution in [0.3, 0.4) is 0 Å². The van der Waals surface area contributed by atoms with E-state index in [1.165, 1.54) is 0 Å². The van der Waals surface area contributed by atoms with Crippen molar-refractivity contribution in [3.8, 4) is 11.8 Å². The Kier molecular flexibility index (Phi) is 3.07. The Morgan fingerprint density at radius 1 is 1.50 bits per heavy atom. The van der Waals surface area contributed by atoms with Gasteiger partial charge in [-0.05, 0) is 11.6 Å².